The van der Waals surface area contributed by atoms with Gasteiger partial charge in [0.15, 0.2) is 0 Å². The normalized spacial score (nSPS) is 10.7. The second-order valence-corrected chi connectivity index (χ2v) is 4.49. The Labute approximate surface area is 114 Å². The van der Waals surface area contributed by atoms with E-state index in [-0.39, 0.29) is 16.2 Å². The molecule has 1 heterocycles. The number of nitrogens with zero attached hydrogens (tertiary/aromatic N) is 2. The molecule has 0 saturated heterocycles. The standard InChI is InChI=1S/C12H10ClFN2OS/c1-7-4-12(17)11(6-18)15-16(7)8-2-3-10(14)9(13)5-8/h2-5,18H,6H2,1H3. The molecule has 18 heavy (non-hydrogen) atoms. The maximum absolute atomic E-state index is 13.1. The van der Waals surface area contributed by atoms with Crippen LogP contribution in [0.5, 0.6) is 0 Å². The van der Waals surface area contributed by atoms with Gasteiger partial charge in [0, 0.05) is 17.5 Å². The van der Waals surface area contributed by atoms with Crippen LogP contribution in [0.15, 0.2) is 29.1 Å². The Morgan fingerprint density at radius 2 is 2.17 bits per heavy atom. The van der Waals surface area contributed by atoms with Gasteiger partial charge in [-0.1, -0.05) is 11.6 Å². The zero-order valence-electron chi connectivity index (χ0n) is 9.52. The Morgan fingerprint density at radius 1 is 1.44 bits per heavy atom. The summed E-state index contributed by atoms with van der Waals surface area (Å²) in [6.07, 6.45) is 0. The van der Waals surface area contributed by atoms with E-state index in [1.807, 2.05) is 0 Å². The molecule has 3 nitrogen and oxygen atoms in total. The zero-order valence-corrected chi connectivity index (χ0v) is 11.2. The molecule has 0 fully saturated rings. The minimum absolute atomic E-state index is 0.0137. The molecule has 0 aliphatic carbocycles. The molecule has 2 rings (SSSR count). The fraction of sp³-hybridized carbons (Fsp3) is 0.167. The number of rotatable bonds is 2. The van der Waals surface area contributed by atoms with Crippen molar-refractivity contribution in [1.82, 2.24) is 9.78 Å². The van der Waals surface area contributed by atoms with Crippen LogP contribution in [-0.2, 0) is 5.75 Å². The summed E-state index contributed by atoms with van der Waals surface area (Å²) in [6, 6.07) is 5.74. The summed E-state index contributed by atoms with van der Waals surface area (Å²) in [5, 5.41) is 4.19. The van der Waals surface area contributed by atoms with E-state index < -0.39 is 5.82 Å². The van der Waals surface area contributed by atoms with Gasteiger partial charge in [0.05, 0.1) is 10.7 Å². The maximum atomic E-state index is 13.1. The highest BCUT2D eigenvalue weighted by Gasteiger charge is 2.08. The molecule has 0 aliphatic heterocycles. The van der Waals surface area contributed by atoms with E-state index in [4.69, 9.17) is 11.6 Å². The van der Waals surface area contributed by atoms with Gasteiger partial charge < -0.3 is 0 Å². The summed E-state index contributed by atoms with van der Waals surface area (Å²) in [5.41, 5.74) is 1.42. The van der Waals surface area contributed by atoms with E-state index >= 15 is 0 Å². The van der Waals surface area contributed by atoms with Gasteiger partial charge in [-0.15, -0.1) is 0 Å². The van der Waals surface area contributed by atoms with Gasteiger partial charge in [0.2, 0.25) is 5.43 Å². The molecule has 6 heteroatoms. The number of halogens is 2. The Hall–Kier alpha value is -1.33. The molecule has 0 unspecified atom stereocenters. The van der Waals surface area contributed by atoms with E-state index in [0.29, 0.717) is 17.1 Å². The molecule has 0 amide bonds. The predicted octanol–water partition coefficient (Wildman–Crippen LogP) is 2.76. The largest absolute Gasteiger partial charge is 0.288 e. The molecular formula is C12H10ClFN2OS. The van der Waals surface area contributed by atoms with E-state index in [9.17, 15) is 9.18 Å². The average Bonchev–Trinajstić information content (AvgIpc) is 2.33. The fourth-order valence-electron chi connectivity index (χ4n) is 1.57. The zero-order chi connectivity index (χ0) is 13.3. The number of benzene rings is 1. The molecule has 1 aromatic carbocycles. The SMILES string of the molecule is Cc1cc(=O)c(CS)nn1-c1ccc(F)c(Cl)c1. The third-order valence-electron chi connectivity index (χ3n) is 2.48. The van der Waals surface area contributed by atoms with E-state index in [2.05, 4.69) is 17.7 Å². The number of hydrogen-bond donors (Lipinski definition) is 1. The van der Waals surface area contributed by atoms with Gasteiger partial charge in [-0.3, -0.25) is 4.79 Å². The van der Waals surface area contributed by atoms with Crippen LogP contribution in [-0.4, -0.2) is 9.78 Å². The van der Waals surface area contributed by atoms with Crippen LogP contribution < -0.4 is 5.43 Å². The highest BCUT2D eigenvalue weighted by atomic mass is 35.5. The van der Waals surface area contributed by atoms with Crippen molar-refractivity contribution in [3.63, 3.8) is 0 Å². The molecular weight excluding hydrogens is 275 g/mol. The first-order valence-corrected chi connectivity index (χ1v) is 6.20. The molecule has 0 aliphatic rings. The Morgan fingerprint density at radius 3 is 2.78 bits per heavy atom. The smallest absolute Gasteiger partial charge is 0.204 e. The van der Waals surface area contributed by atoms with Gasteiger partial charge in [-0.25, -0.2) is 9.07 Å². The van der Waals surface area contributed by atoms with E-state index in [1.54, 1.807) is 13.0 Å². The Kier molecular flexibility index (Phi) is 3.73. The summed E-state index contributed by atoms with van der Waals surface area (Å²) in [4.78, 5) is 11.6. The van der Waals surface area contributed by atoms with Crippen LogP contribution in [0.4, 0.5) is 4.39 Å². The van der Waals surface area contributed by atoms with Crippen molar-refractivity contribution in [3.8, 4) is 5.69 Å². The number of hydrogen-bond acceptors (Lipinski definition) is 3. The minimum Gasteiger partial charge on any atom is -0.288 e. The van der Waals surface area contributed by atoms with Crippen LogP contribution in [0.1, 0.15) is 11.4 Å². The molecule has 0 bridgehead atoms. The number of aromatic nitrogens is 2. The lowest BCUT2D eigenvalue weighted by Gasteiger charge is -2.11. The van der Waals surface area contributed by atoms with Gasteiger partial charge in [0.1, 0.15) is 11.5 Å². The van der Waals surface area contributed by atoms with Crippen molar-refractivity contribution >= 4 is 24.2 Å². The van der Waals surface area contributed by atoms with Crippen LogP contribution in [0, 0.1) is 12.7 Å². The lowest BCUT2D eigenvalue weighted by Crippen LogP contribution is -2.17. The molecule has 94 valence electrons. The molecule has 0 radical (unpaired) electrons. The van der Waals surface area contributed by atoms with Gasteiger partial charge in [0.25, 0.3) is 0 Å². The highest BCUT2D eigenvalue weighted by molar-refractivity contribution is 7.79. The number of aryl methyl sites for hydroxylation is 1. The Bertz CT molecular complexity index is 657. The molecule has 0 spiro atoms. The quantitative estimate of drug-likeness (QED) is 0.861. The van der Waals surface area contributed by atoms with Crippen molar-refractivity contribution in [2.45, 2.75) is 12.7 Å². The summed E-state index contributed by atoms with van der Waals surface area (Å²) in [5.74, 6) is -0.248. The number of thiol groups is 1. The molecule has 0 saturated carbocycles. The highest BCUT2D eigenvalue weighted by Crippen LogP contribution is 2.19. The van der Waals surface area contributed by atoms with Crippen LogP contribution in [0.3, 0.4) is 0 Å². The van der Waals surface area contributed by atoms with E-state index in [1.165, 1.54) is 22.9 Å². The van der Waals surface area contributed by atoms with Gasteiger partial charge in [-0.05, 0) is 25.1 Å². The van der Waals surface area contributed by atoms with Crippen LogP contribution in [0.25, 0.3) is 5.69 Å². The van der Waals surface area contributed by atoms with Crippen LogP contribution in [0.2, 0.25) is 5.02 Å². The lowest BCUT2D eigenvalue weighted by atomic mass is 10.3. The Balaban J connectivity index is 2.63. The molecule has 1 aromatic heterocycles. The monoisotopic (exact) mass is 284 g/mol. The summed E-state index contributed by atoms with van der Waals surface area (Å²) in [7, 11) is 0. The summed E-state index contributed by atoms with van der Waals surface area (Å²) in [6.45, 7) is 1.74. The second-order valence-electron chi connectivity index (χ2n) is 3.76. The fourth-order valence-corrected chi connectivity index (χ4v) is 1.96. The van der Waals surface area contributed by atoms with Crippen molar-refractivity contribution in [1.29, 1.82) is 0 Å². The lowest BCUT2D eigenvalue weighted by molar-refractivity contribution is 0.627. The van der Waals surface area contributed by atoms with Crippen molar-refractivity contribution in [2.24, 2.45) is 0 Å². The summed E-state index contributed by atoms with van der Waals surface area (Å²) >= 11 is 9.78. The molecule has 2 aromatic rings. The van der Waals surface area contributed by atoms with Gasteiger partial charge in [-0.2, -0.15) is 17.7 Å². The average molecular weight is 285 g/mol. The van der Waals surface area contributed by atoms with Gasteiger partial charge >= 0.3 is 0 Å². The van der Waals surface area contributed by atoms with Crippen molar-refractivity contribution < 1.29 is 4.39 Å². The van der Waals surface area contributed by atoms with Crippen molar-refractivity contribution in [3.05, 3.63) is 56.7 Å². The van der Waals surface area contributed by atoms with E-state index in [0.717, 1.165) is 0 Å². The predicted molar refractivity (Wildman–Crippen MR) is 72.2 cm³/mol. The topological polar surface area (TPSA) is 34.9 Å². The first kappa shape index (κ1) is 13.1. The minimum atomic E-state index is -0.492. The first-order valence-electron chi connectivity index (χ1n) is 5.19. The molecule has 0 N–H and O–H groups in total. The molecule has 0 atom stereocenters. The third-order valence-corrected chi connectivity index (χ3v) is 3.07. The van der Waals surface area contributed by atoms with Crippen LogP contribution >= 0.6 is 24.2 Å². The first-order chi connectivity index (χ1) is 8.52. The maximum Gasteiger partial charge on any atom is 0.204 e. The van der Waals surface area contributed by atoms with Crippen molar-refractivity contribution in [2.75, 3.05) is 0 Å². The third kappa shape index (κ3) is 2.42. The second kappa shape index (κ2) is 5.12. The summed E-state index contributed by atoms with van der Waals surface area (Å²) < 4.78 is 14.6.